The van der Waals surface area contributed by atoms with E-state index in [1.807, 2.05) is 0 Å². The van der Waals surface area contributed by atoms with Crippen molar-refractivity contribution < 1.29 is 8.78 Å². The summed E-state index contributed by atoms with van der Waals surface area (Å²) in [6.07, 6.45) is 4.32. The highest BCUT2D eigenvalue weighted by molar-refractivity contribution is 5.31. The Hall–Kier alpha value is -1.82. The molecule has 100 valence electrons. The molecular formula is C13H14F2N4. The fraction of sp³-hybridized carbons (Fsp3) is 0.385. The van der Waals surface area contributed by atoms with Crippen LogP contribution in [0.2, 0.25) is 0 Å². The molecule has 1 aromatic heterocycles. The summed E-state index contributed by atoms with van der Waals surface area (Å²) in [6, 6.07) is 3.65. The quantitative estimate of drug-likeness (QED) is 0.898. The number of nitrogens with one attached hydrogen (secondary N) is 1. The van der Waals surface area contributed by atoms with E-state index in [1.165, 1.54) is 23.6 Å². The summed E-state index contributed by atoms with van der Waals surface area (Å²) in [6.45, 7) is 1.64. The summed E-state index contributed by atoms with van der Waals surface area (Å²) in [5.41, 5.74) is 1.24. The van der Waals surface area contributed by atoms with Crippen LogP contribution in [-0.4, -0.2) is 21.5 Å². The Morgan fingerprint density at radius 3 is 2.84 bits per heavy atom. The Kier molecular flexibility index (Phi) is 3.25. The maximum atomic E-state index is 13.1. The number of halogens is 2. The zero-order valence-corrected chi connectivity index (χ0v) is 10.3. The molecular weight excluding hydrogens is 250 g/mol. The molecule has 2 aromatic rings. The third-order valence-electron chi connectivity index (χ3n) is 3.14. The predicted octanol–water partition coefficient (Wildman–Crippen LogP) is 2.05. The van der Waals surface area contributed by atoms with Gasteiger partial charge in [0.25, 0.3) is 0 Å². The molecule has 1 heterocycles. The minimum atomic E-state index is -0.888. The molecule has 0 spiro atoms. The normalized spacial score (nSPS) is 14.8. The second-order valence-electron chi connectivity index (χ2n) is 4.83. The minimum Gasteiger partial charge on any atom is -0.311 e. The Bertz CT molecular complexity index is 578. The lowest BCUT2D eigenvalue weighted by molar-refractivity contribution is 0.507. The van der Waals surface area contributed by atoms with Crippen molar-refractivity contribution in [3.05, 3.63) is 41.7 Å². The van der Waals surface area contributed by atoms with Crippen LogP contribution in [0.4, 0.5) is 8.78 Å². The molecule has 1 saturated carbocycles. The lowest BCUT2D eigenvalue weighted by Crippen LogP contribution is -2.16. The van der Waals surface area contributed by atoms with E-state index in [-0.39, 0.29) is 0 Å². The zero-order chi connectivity index (χ0) is 13.2. The van der Waals surface area contributed by atoms with Crippen LogP contribution in [0.25, 0.3) is 5.69 Å². The molecule has 6 heteroatoms. The van der Waals surface area contributed by atoms with E-state index >= 15 is 0 Å². The molecule has 3 rings (SSSR count). The van der Waals surface area contributed by atoms with Crippen molar-refractivity contribution in [1.82, 2.24) is 20.3 Å². The molecule has 1 aliphatic carbocycles. The molecule has 19 heavy (non-hydrogen) atoms. The van der Waals surface area contributed by atoms with Gasteiger partial charge in [-0.1, -0.05) is 5.21 Å². The summed E-state index contributed by atoms with van der Waals surface area (Å²) in [7, 11) is 0. The SMILES string of the molecule is Fc1ccc(-n2cc(CNCC3CC3)nn2)cc1F. The largest absolute Gasteiger partial charge is 0.311 e. The molecule has 1 aromatic carbocycles. The van der Waals surface area contributed by atoms with Gasteiger partial charge in [-0.2, -0.15) is 0 Å². The summed E-state index contributed by atoms with van der Waals surface area (Å²) in [5, 5.41) is 11.2. The lowest BCUT2D eigenvalue weighted by Gasteiger charge is -2.00. The van der Waals surface area contributed by atoms with Crippen LogP contribution in [0.1, 0.15) is 18.5 Å². The molecule has 0 radical (unpaired) electrons. The third kappa shape index (κ3) is 2.96. The zero-order valence-electron chi connectivity index (χ0n) is 10.3. The van der Waals surface area contributed by atoms with Gasteiger partial charge in [0.1, 0.15) is 0 Å². The van der Waals surface area contributed by atoms with E-state index in [2.05, 4.69) is 15.6 Å². The summed E-state index contributed by atoms with van der Waals surface area (Å²) in [5.74, 6) is -0.946. The molecule has 0 unspecified atom stereocenters. The van der Waals surface area contributed by atoms with Crippen molar-refractivity contribution in [3.63, 3.8) is 0 Å². The number of benzene rings is 1. The molecule has 1 N–H and O–H groups in total. The van der Waals surface area contributed by atoms with Crippen LogP contribution in [0.15, 0.2) is 24.4 Å². The third-order valence-corrected chi connectivity index (χ3v) is 3.14. The molecule has 0 saturated heterocycles. The van der Waals surface area contributed by atoms with Crippen molar-refractivity contribution in [2.75, 3.05) is 6.54 Å². The van der Waals surface area contributed by atoms with E-state index in [0.29, 0.717) is 12.2 Å². The first-order valence-electron chi connectivity index (χ1n) is 6.30. The first kappa shape index (κ1) is 12.2. The highest BCUT2D eigenvalue weighted by Crippen LogP contribution is 2.27. The van der Waals surface area contributed by atoms with Crippen molar-refractivity contribution in [3.8, 4) is 5.69 Å². The van der Waals surface area contributed by atoms with Crippen molar-refractivity contribution in [1.29, 1.82) is 0 Å². The van der Waals surface area contributed by atoms with Crippen LogP contribution < -0.4 is 5.32 Å². The summed E-state index contributed by atoms with van der Waals surface area (Å²) < 4.78 is 27.4. The number of hydrogen-bond donors (Lipinski definition) is 1. The molecule has 0 aliphatic heterocycles. The highest BCUT2D eigenvalue weighted by atomic mass is 19.2. The fourth-order valence-corrected chi connectivity index (χ4v) is 1.86. The molecule has 1 fully saturated rings. The number of nitrogens with zero attached hydrogens (tertiary/aromatic N) is 3. The van der Waals surface area contributed by atoms with Crippen LogP contribution >= 0.6 is 0 Å². The second-order valence-corrected chi connectivity index (χ2v) is 4.83. The van der Waals surface area contributed by atoms with Gasteiger partial charge in [-0.05, 0) is 37.4 Å². The number of rotatable bonds is 5. The first-order chi connectivity index (χ1) is 9.22. The molecule has 0 amide bonds. The van der Waals surface area contributed by atoms with E-state index in [0.717, 1.165) is 30.3 Å². The van der Waals surface area contributed by atoms with Gasteiger partial charge in [-0.15, -0.1) is 5.10 Å². The summed E-state index contributed by atoms with van der Waals surface area (Å²) >= 11 is 0. The molecule has 0 bridgehead atoms. The van der Waals surface area contributed by atoms with Gasteiger partial charge < -0.3 is 5.32 Å². The topological polar surface area (TPSA) is 42.7 Å². The fourth-order valence-electron chi connectivity index (χ4n) is 1.86. The highest BCUT2D eigenvalue weighted by Gasteiger charge is 2.20. The Morgan fingerprint density at radius 2 is 2.11 bits per heavy atom. The standard InChI is InChI=1S/C13H14F2N4/c14-12-4-3-11(5-13(12)15)19-8-10(17-18-19)7-16-6-9-1-2-9/h3-5,8-9,16H,1-2,6-7H2. The molecule has 4 nitrogen and oxygen atoms in total. The number of aromatic nitrogens is 3. The van der Waals surface area contributed by atoms with Gasteiger partial charge in [-0.3, -0.25) is 0 Å². The van der Waals surface area contributed by atoms with Crippen molar-refractivity contribution in [2.24, 2.45) is 5.92 Å². The van der Waals surface area contributed by atoms with E-state index in [1.54, 1.807) is 6.20 Å². The first-order valence-corrected chi connectivity index (χ1v) is 6.30. The van der Waals surface area contributed by atoms with Crippen molar-refractivity contribution in [2.45, 2.75) is 19.4 Å². The average molecular weight is 264 g/mol. The van der Waals surface area contributed by atoms with Crippen LogP contribution in [-0.2, 0) is 6.54 Å². The number of hydrogen-bond acceptors (Lipinski definition) is 3. The Labute approximate surface area is 109 Å². The summed E-state index contributed by atoms with van der Waals surface area (Å²) in [4.78, 5) is 0. The maximum absolute atomic E-state index is 13.1. The van der Waals surface area contributed by atoms with E-state index in [4.69, 9.17) is 0 Å². The van der Waals surface area contributed by atoms with Gasteiger partial charge in [-0.25, -0.2) is 13.5 Å². The minimum absolute atomic E-state index is 0.458. The second kappa shape index (κ2) is 5.05. The monoisotopic (exact) mass is 264 g/mol. The van der Waals surface area contributed by atoms with Crippen LogP contribution in [0.3, 0.4) is 0 Å². The van der Waals surface area contributed by atoms with Gasteiger partial charge in [0.2, 0.25) is 0 Å². The van der Waals surface area contributed by atoms with Gasteiger partial charge >= 0.3 is 0 Å². The Morgan fingerprint density at radius 1 is 1.26 bits per heavy atom. The smallest absolute Gasteiger partial charge is 0.160 e. The molecule has 1 aliphatic rings. The maximum Gasteiger partial charge on any atom is 0.160 e. The average Bonchev–Trinajstić information content (AvgIpc) is 3.10. The van der Waals surface area contributed by atoms with Gasteiger partial charge in [0.15, 0.2) is 11.6 Å². The van der Waals surface area contributed by atoms with E-state index in [9.17, 15) is 8.78 Å². The lowest BCUT2D eigenvalue weighted by atomic mass is 10.3. The predicted molar refractivity (Wildman–Crippen MR) is 65.7 cm³/mol. The van der Waals surface area contributed by atoms with Crippen LogP contribution in [0, 0.1) is 17.6 Å². The van der Waals surface area contributed by atoms with Gasteiger partial charge in [0, 0.05) is 12.6 Å². The van der Waals surface area contributed by atoms with Crippen LogP contribution in [0.5, 0.6) is 0 Å². The Balaban J connectivity index is 1.67. The van der Waals surface area contributed by atoms with Gasteiger partial charge in [0.05, 0.1) is 17.6 Å². The van der Waals surface area contributed by atoms with E-state index < -0.39 is 11.6 Å². The van der Waals surface area contributed by atoms with Crippen molar-refractivity contribution >= 4 is 0 Å². The molecule has 0 atom stereocenters.